The Bertz CT molecular complexity index is 820. The van der Waals surface area contributed by atoms with Gasteiger partial charge in [0.25, 0.3) is 0 Å². The van der Waals surface area contributed by atoms with Gasteiger partial charge >= 0.3 is 0 Å². The maximum Gasteiger partial charge on any atom is 0.131 e. The predicted octanol–water partition coefficient (Wildman–Crippen LogP) is 9.40. The van der Waals surface area contributed by atoms with E-state index in [2.05, 4.69) is 38.1 Å². The van der Waals surface area contributed by atoms with Gasteiger partial charge in [0.05, 0.1) is 0 Å². The second kappa shape index (κ2) is 11.5. The van der Waals surface area contributed by atoms with Crippen LogP contribution in [0.5, 0.6) is 0 Å². The molecule has 0 bridgehead atoms. The Morgan fingerprint density at radius 1 is 0.688 bits per heavy atom. The van der Waals surface area contributed by atoms with E-state index in [-0.39, 0.29) is 5.82 Å². The quantitative estimate of drug-likeness (QED) is 0.388. The summed E-state index contributed by atoms with van der Waals surface area (Å²) >= 11 is 0. The molecule has 2 aromatic rings. The summed E-state index contributed by atoms with van der Waals surface area (Å²) in [6.07, 6.45) is 18.0. The monoisotopic (exact) mass is 434 g/mol. The summed E-state index contributed by atoms with van der Waals surface area (Å²) < 4.78 is 14.4. The Kier molecular flexibility index (Phi) is 8.44. The summed E-state index contributed by atoms with van der Waals surface area (Å²) in [5.74, 6) is 3.88. The zero-order valence-corrected chi connectivity index (χ0v) is 20.4. The Hall–Kier alpha value is -1.63. The summed E-state index contributed by atoms with van der Waals surface area (Å²) in [6.45, 7) is 4.40. The minimum atomic E-state index is -0.104. The second-order valence-corrected chi connectivity index (χ2v) is 10.8. The van der Waals surface area contributed by atoms with Crippen LogP contribution >= 0.6 is 0 Å². The molecular weight excluding hydrogens is 391 g/mol. The van der Waals surface area contributed by atoms with Crippen LogP contribution in [0.2, 0.25) is 0 Å². The highest BCUT2D eigenvalue weighted by atomic mass is 19.1. The summed E-state index contributed by atoms with van der Waals surface area (Å²) in [5, 5.41) is 0. The van der Waals surface area contributed by atoms with E-state index in [1.165, 1.54) is 76.2 Å². The number of rotatable bonds is 8. The van der Waals surface area contributed by atoms with Gasteiger partial charge in [-0.25, -0.2) is 4.39 Å². The fraction of sp³-hybridized carbons (Fsp3) is 0.613. The van der Waals surface area contributed by atoms with Gasteiger partial charge < -0.3 is 0 Å². The van der Waals surface area contributed by atoms with Gasteiger partial charge in [-0.15, -0.1) is 0 Å². The van der Waals surface area contributed by atoms with Crippen molar-refractivity contribution in [1.82, 2.24) is 0 Å². The minimum absolute atomic E-state index is 0.104. The Labute approximate surface area is 196 Å². The largest absolute Gasteiger partial charge is 0.206 e. The van der Waals surface area contributed by atoms with E-state index in [4.69, 9.17) is 0 Å². The molecule has 0 radical (unpaired) electrons. The first-order valence-electron chi connectivity index (χ1n) is 13.5. The first-order valence-corrected chi connectivity index (χ1v) is 13.5. The third-order valence-corrected chi connectivity index (χ3v) is 8.69. The van der Waals surface area contributed by atoms with E-state index in [9.17, 15) is 4.39 Å². The van der Waals surface area contributed by atoms with Crippen molar-refractivity contribution in [3.05, 3.63) is 59.4 Å². The molecule has 0 unspecified atom stereocenters. The summed E-state index contributed by atoms with van der Waals surface area (Å²) in [5.41, 5.74) is 4.16. The molecule has 174 valence electrons. The normalized spacial score (nSPS) is 26.2. The van der Waals surface area contributed by atoms with Crippen molar-refractivity contribution >= 4 is 0 Å². The van der Waals surface area contributed by atoms with E-state index in [1.807, 2.05) is 12.1 Å². The highest BCUT2D eigenvalue weighted by Gasteiger charge is 2.30. The van der Waals surface area contributed by atoms with Crippen molar-refractivity contribution in [2.24, 2.45) is 23.7 Å². The Morgan fingerprint density at radius 3 is 1.78 bits per heavy atom. The van der Waals surface area contributed by atoms with Crippen molar-refractivity contribution in [1.29, 1.82) is 0 Å². The molecular formula is C31H43F. The van der Waals surface area contributed by atoms with E-state index in [1.54, 1.807) is 6.07 Å². The molecule has 0 atom stereocenters. The van der Waals surface area contributed by atoms with Crippen LogP contribution in [0.1, 0.15) is 95.6 Å². The number of hydrogen-bond acceptors (Lipinski definition) is 0. The molecule has 0 heterocycles. The van der Waals surface area contributed by atoms with E-state index in [0.29, 0.717) is 0 Å². The van der Waals surface area contributed by atoms with E-state index < -0.39 is 0 Å². The number of aryl methyl sites for hydroxylation is 2. The molecule has 2 aromatic carbocycles. The number of benzene rings is 2. The predicted molar refractivity (Wildman–Crippen MR) is 135 cm³/mol. The fourth-order valence-corrected chi connectivity index (χ4v) is 6.54. The SMILES string of the molecule is CCCC1CCC(C2CCC(CCc3ccc(-c4ccc(CC)cc4F)cc3)CC2)CC1. The summed E-state index contributed by atoms with van der Waals surface area (Å²) in [7, 11) is 0. The van der Waals surface area contributed by atoms with Gasteiger partial charge in [0.1, 0.15) is 5.82 Å². The van der Waals surface area contributed by atoms with E-state index in [0.717, 1.165) is 53.2 Å². The Balaban J connectivity index is 1.21. The van der Waals surface area contributed by atoms with Crippen molar-refractivity contribution in [3.8, 4) is 11.1 Å². The van der Waals surface area contributed by atoms with Crippen molar-refractivity contribution in [2.45, 2.75) is 97.3 Å². The van der Waals surface area contributed by atoms with Crippen molar-refractivity contribution in [2.75, 3.05) is 0 Å². The van der Waals surface area contributed by atoms with Gasteiger partial charge in [0.2, 0.25) is 0 Å². The average molecular weight is 435 g/mol. The van der Waals surface area contributed by atoms with Gasteiger partial charge in [-0.05, 0) is 91.4 Å². The van der Waals surface area contributed by atoms with Crippen LogP contribution in [0.25, 0.3) is 11.1 Å². The van der Waals surface area contributed by atoms with Crippen molar-refractivity contribution in [3.63, 3.8) is 0 Å². The number of hydrogen-bond donors (Lipinski definition) is 0. The highest BCUT2D eigenvalue weighted by Crippen LogP contribution is 2.43. The molecule has 0 N–H and O–H groups in total. The smallest absolute Gasteiger partial charge is 0.131 e. The lowest BCUT2D eigenvalue weighted by Crippen LogP contribution is -2.26. The Morgan fingerprint density at radius 2 is 1.25 bits per heavy atom. The average Bonchev–Trinajstić information content (AvgIpc) is 2.84. The molecule has 0 aliphatic heterocycles. The van der Waals surface area contributed by atoms with E-state index >= 15 is 0 Å². The molecule has 4 rings (SSSR count). The van der Waals surface area contributed by atoms with Crippen LogP contribution in [0, 0.1) is 29.5 Å². The van der Waals surface area contributed by atoms with Crippen LogP contribution in [-0.2, 0) is 12.8 Å². The molecule has 0 saturated heterocycles. The second-order valence-electron chi connectivity index (χ2n) is 10.8. The molecule has 0 nitrogen and oxygen atoms in total. The lowest BCUT2D eigenvalue weighted by atomic mass is 9.68. The maximum atomic E-state index is 14.4. The van der Waals surface area contributed by atoms with Gasteiger partial charge in [-0.3, -0.25) is 0 Å². The van der Waals surface area contributed by atoms with Crippen LogP contribution < -0.4 is 0 Å². The zero-order chi connectivity index (χ0) is 22.3. The summed E-state index contributed by atoms with van der Waals surface area (Å²) in [6, 6.07) is 14.3. The van der Waals surface area contributed by atoms with Crippen LogP contribution in [-0.4, -0.2) is 0 Å². The lowest BCUT2D eigenvalue weighted by Gasteiger charge is -2.38. The van der Waals surface area contributed by atoms with Crippen LogP contribution in [0.15, 0.2) is 42.5 Å². The molecule has 0 aromatic heterocycles. The highest BCUT2D eigenvalue weighted by molar-refractivity contribution is 5.64. The maximum absolute atomic E-state index is 14.4. The van der Waals surface area contributed by atoms with Crippen molar-refractivity contribution < 1.29 is 4.39 Å². The third kappa shape index (κ3) is 6.03. The third-order valence-electron chi connectivity index (χ3n) is 8.69. The molecule has 2 aliphatic rings. The molecule has 2 saturated carbocycles. The molecule has 0 spiro atoms. The number of halogens is 1. The van der Waals surface area contributed by atoms with Gasteiger partial charge in [0, 0.05) is 5.56 Å². The fourth-order valence-electron chi connectivity index (χ4n) is 6.54. The van der Waals surface area contributed by atoms with Gasteiger partial charge in [0.15, 0.2) is 0 Å². The molecule has 1 heteroatoms. The lowest BCUT2D eigenvalue weighted by molar-refractivity contribution is 0.141. The standard InChI is InChI=1S/C31H43F/c1-3-5-24-8-15-27(16-9-24)28-17-10-25(11-18-28)6-7-26-12-19-29(20-13-26)30-21-14-23(4-2)22-31(30)32/h12-14,19-22,24-25,27-28H,3-11,15-18H2,1-2H3. The topological polar surface area (TPSA) is 0 Å². The minimum Gasteiger partial charge on any atom is -0.206 e. The first kappa shape index (κ1) is 23.5. The molecule has 2 fully saturated rings. The molecule has 0 amide bonds. The van der Waals surface area contributed by atoms with Gasteiger partial charge in [-0.1, -0.05) is 88.8 Å². The van der Waals surface area contributed by atoms with Crippen LogP contribution in [0.4, 0.5) is 4.39 Å². The zero-order valence-electron chi connectivity index (χ0n) is 20.4. The van der Waals surface area contributed by atoms with Gasteiger partial charge in [-0.2, -0.15) is 0 Å². The summed E-state index contributed by atoms with van der Waals surface area (Å²) in [4.78, 5) is 0. The molecule has 32 heavy (non-hydrogen) atoms. The first-order chi connectivity index (χ1) is 15.7. The van der Waals surface area contributed by atoms with Crippen LogP contribution in [0.3, 0.4) is 0 Å². The molecule has 2 aliphatic carbocycles.